The normalized spacial score (nSPS) is 31.1. The van der Waals surface area contributed by atoms with Gasteiger partial charge in [0, 0.05) is 32.1 Å². The van der Waals surface area contributed by atoms with Crippen molar-refractivity contribution in [1.82, 2.24) is 9.80 Å². The number of hydrogen-bond donors (Lipinski definition) is 1. The second-order valence-electron chi connectivity index (χ2n) is 6.03. The Hall–Kier alpha value is -0.610. The van der Waals surface area contributed by atoms with Gasteiger partial charge in [0.15, 0.2) is 0 Å². The molecule has 104 valence electrons. The Kier molecular flexibility index (Phi) is 5.01. The molecule has 2 unspecified atom stereocenters. The van der Waals surface area contributed by atoms with Crippen molar-refractivity contribution in [1.29, 1.82) is 0 Å². The van der Waals surface area contributed by atoms with Gasteiger partial charge in [0.2, 0.25) is 5.91 Å². The summed E-state index contributed by atoms with van der Waals surface area (Å²) in [5.74, 6) is 0.881. The Bertz CT molecular complexity index is 282. The predicted molar refractivity (Wildman–Crippen MR) is 73.2 cm³/mol. The van der Waals surface area contributed by atoms with Crippen molar-refractivity contribution < 1.29 is 4.79 Å². The van der Waals surface area contributed by atoms with Crippen LogP contribution in [0.15, 0.2) is 0 Å². The van der Waals surface area contributed by atoms with E-state index in [4.69, 9.17) is 5.73 Å². The molecule has 0 aromatic carbocycles. The lowest BCUT2D eigenvalue weighted by Gasteiger charge is -2.28. The average Bonchev–Trinajstić information content (AvgIpc) is 2.54. The first-order chi connectivity index (χ1) is 8.65. The summed E-state index contributed by atoms with van der Waals surface area (Å²) in [6.45, 7) is 3.95. The highest BCUT2D eigenvalue weighted by atomic mass is 16.2. The van der Waals surface area contributed by atoms with Crippen LogP contribution in [0.1, 0.15) is 38.5 Å². The summed E-state index contributed by atoms with van der Waals surface area (Å²) in [5, 5.41) is 0. The van der Waals surface area contributed by atoms with Crippen LogP contribution in [0.5, 0.6) is 0 Å². The Balaban J connectivity index is 1.79. The molecule has 0 spiro atoms. The van der Waals surface area contributed by atoms with Crippen molar-refractivity contribution in [3.63, 3.8) is 0 Å². The topological polar surface area (TPSA) is 49.6 Å². The number of rotatable bonds is 2. The van der Waals surface area contributed by atoms with Crippen molar-refractivity contribution >= 4 is 5.91 Å². The van der Waals surface area contributed by atoms with Crippen molar-refractivity contribution in [2.45, 2.75) is 44.6 Å². The quantitative estimate of drug-likeness (QED) is 0.800. The van der Waals surface area contributed by atoms with Crippen molar-refractivity contribution in [2.75, 3.05) is 33.2 Å². The zero-order valence-electron chi connectivity index (χ0n) is 11.6. The van der Waals surface area contributed by atoms with Crippen LogP contribution >= 0.6 is 0 Å². The fraction of sp³-hybridized carbons (Fsp3) is 0.929. The number of nitrogens with two attached hydrogens (primary N) is 1. The van der Waals surface area contributed by atoms with Gasteiger partial charge in [-0.15, -0.1) is 0 Å². The average molecular weight is 253 g/mol. The minimum absolute atomic E-state index is 0.326. The number of amides is 1. The molecule has 1 saturated heterocycles. The summed E-state index contributed by atoms with van der Waals surface area (Å²) >= 11 is 0. The minimum Gasteiger partial charge on any atom is -0.341 e. The van der Waals surface area contributed by atoms with Crippen LogP contribution in [-0.2, 0) is 4.79 Å². The number of hydrogen-bond acceptors (Lipinski definition) is 3. The molecule has 0 bridgehead atoms. The maximum atomic E-state index is 12.3. The highest BCUT2D eigenvalue weighted by molar-refractivity contribution is 5.76. The molecule has 2 aliphatic rings. The predicted octanol–water partition coefficient (Wildman–Crippen LogP) is 1.06. The van der Waals surface area contributed by atoms with Gasteiger partial charge in [0.1, 0.15) is 0 Å². The van der Waals surface area contributed by atoms with E-state index in [2.05, 4.69) is 16.8 Å². The summed E-state index contributed by atoms with van der Waals surface area (Å²) in [7, 11) is 2.13. The molecule has 0 aromatic rings. The van der Waals surface area contributed by atoms with E-state index < -0.39 is 0 Å². The van der Waals surface area contributed by atoms with Crippen molar-refractivity contribution in [3.05, 3.63) is 0 Å². The zero-order chi connectivity index (χ0) is 13.0. The summed E-state index contributed by atoms with van der Waals surface area (Å²) < 4.78 is 0. The number of nitrogens with zero attached hydrogens (tertiary/aromatic N) is 2. The number of carbonyl (C=O) groups excluding carboxylic acids is 1. The van der Waals surface area contributed by atoms with E-state index in [1.54, 1.807) is 0 Å². The van der Waals surface area contributed by atoms with Gasteiger partial charge in [-0.3, -0.25) is 4.79 Å². The van der Waals surface area contributed by atoms with Gasteiger partial charge in [-0.05, 0) is 45.2 Å². The molecule has 1 heterocycles. The van der Waals surface area contributed by atoms with E-state index in [0.717, 1.165) is 51.9 Å². The first kappa shape index (κ1) is 13.8. The molecule has 18 heavy (non-hydrogen) atoms. The van der Waals surface area contributed by atoms with E-state index >= 15 is 0 Å². The van der Waals surface area contributed by atoms with E-state index in [1.807, 2.05) is 0 Å². The second-order valence-corrected chi connectivity index (χ2v) is 6.03. The SMILES string of the molecule is CN1CCCN(C(=O)CC2CCCC(N)C2)CC1. The van der Waals surface area contributed by atoms with Gasteiger partial charge >= 0.3 is 0 Å². The first-order valence-electron chi connectivity index (χ1n) is 7.37. The molecular weight excluding hydrogens is 226 g/mol. The summed E-state index contributed by atoms with van der Waals surface area (Å²) in [5.41, 5.74) is 5.99. The second kappa shape index (κ2) is 6.53. The van der Waals surface area contributed by atoms with Gasteiger partial charge in [-0.1, -0.05) is 6.42 Å². The Labute approximate surface area is 110 Å². The maximum Gasteiger partial charge on any atom is 0.222 e. The van der Waals surface area contributed by atoms with Gasteiger partial charge in [-0.2, -0.15) is 0 Å². The molecule has 2 N–H and O–H groups in total. The lowest BCUT2D eigenvalue weighted by molar-refractivity contribution is -0.132. The van der Waals surface area contributed by atoms with Crippen LogP contribution in [0, 0.1) is 5.92 Å². The summed E-state index contributed by atoms with van der Waals surface area (Å²) in [6.07, 6.45) is 6.39. The molecule has 0 radical (unpaired) electrons. The van der Waals surface area contributed by atoms with E-state index in [-0.39, 0.29) is 0 Å². The molecule has 4 heteroatoms. The zero-order valence-corrected chi connectivity index (χ0v) is 11.6. The fourth-order valence-electron chi connectivity index (χ4n) is 3.19. The van der Waals surface area contributed by atoms with Crippen LogP contribution in [-0.4, -0.2) is 55.0 Å². The molecule has 1 aliphatic carbocycles. The van der Waals surface area contributed by atoms with Gasteiger partial charge in [0.25, 0.3) is 0 Å². The minimum atomic E-state index is 0.326. The van der Waals surface area contributed by atoms with Gasteiger partial charge in [-0.25, -0.2) is 0 Å². The molecule has 2 atom stereocenters. The summed E-state index contributed by atoms with van der Waals surface area (Å²) in [4.78, 5) is 16.7. The lowest BCUT2D eigenvalue weighted by Crippen LogP contribution is -2.37. The molecule has 2 rings (SSSR count). The highest BCUT2D eigenvalue weighted by Gasteiger charge is 2.24. The molecule has 0 aromatic heterocycles. The largest absolute Gasteiger partial charge is 0.341 e. The third kappa shape index (κ3) is 3.95. The van der Waals surface area contributed by atoms with Crippen molar-refractivity contribution in [3.8, 4) is 0 Å². The number of likely N-dealkylation sites (N-methyl/N-ethyl adjacent to an activating group) is 1. The van der Waals surface area contributed by atoms with E-state index in [9.17, 15) is 4.79 Å². The monoisotopic (exact) mass is 253 g/mol. The Morgan fingerprint density at radius 2 is 2.00 bits per heavy atom. The molecule has 4 nitrogen and oxygen atoms in total. The van der Waals surface area contributed by atoms with Crippen LogP contribution < -0.4 is 5.73 Å². The fourth-order valence-corrected chi connectivity index (χ4v) is 3.19. The van der Waals surface area contributed by atoms with Crippen LogP contribution in [0.4, 0.5) is 0 Å². The van der Waals surface area contributed by atoms with Crippen LogP contribution in [0.25, 0.3) is 0 Å². The number of carbonyl (C=O) groups is 1. The molecule has 1 saturated carbocycles. The Morgan fingerprint density at radius 3 is 2.78 bits per heavy atom. The molecular formula is C14H27N3O. The smallest absolute Gasteiger partial charge is 0.222 e. The standard InChI is InChI=1S/C14H27N3O/c1-16-6-3-7-17(9-8-16)14(18)11-12-4-2-5-13(15)10-12/h12-13H,2-11,15H2,1H3. The van der Waals surface area contributed by atoms with Crippen LogP contribution in [0.3, 0.4) is 0 Å². The summed E-state index contributed by atoms with van der Waals surface area (Å²) in [6, 6.07) is 0.326. The molecule has 2 fully saturated rings. The third-order valence-electron chi connectivity index (χ3n) is 4.36. The van der Waals surface area contributed by atoms with Crippen LogP contribution in [0.2, 0.25) is 0 Å². The van der Waals surface area contributed by atoms with Crippen molar-refractivity contribution in [2.24, 2.45) is 11.7 Å². The highest BCUT2D eigenvalue weighted by Crippen LogP contribution is 2.26. The van der Waals surface area contributed by atoms with E-state index in [0.29, 0.717) is 17.9 Å². The first-order valence-corrected chi connectivity index (χ1v) is 7.37. The maximum absolute atomic E-state index is 12.3. The van der Waals surface area contributed by atoms with E-state index in [1.165, 1.54) is 12.8 Å². The lowest BCUT2D eigenvalue weighted by atomic mass is 9.84. The third-order valence-corrected chi connectivity index (χ3v) is 4.36. The molecule has 1 amide bonds. The Morgan fingerprint density at radius 1 is 1.17 bits per heavy atom. The van der Waals surface area contributed by atoms with Gasteiger partial charge in [0.05, 0.1) is 0 Å². The molecule has 1 aliphatic heterocycles. The van der Waals surface area contributed by atoms with Gasteiger partial charge < -0.3 is 15.5 Å².